The average Bonchev–Trinajstić information content (AvgIpc) is 3.91. The number of hydrogen-bond acceptors (Lipinski definition) is 0. The van der Waals surface area contributed by atoms with Crippen LogP contribution in [0, 0.1) is 0 Å². The van der Waals surface area contributed by atoms with Crippen LogP contribution < -0.4 is 0 Å². The van der Waals surface area contributed by atoms with Gasteiger partial charge in [0, 0.05) is 0 Å². The molecule has 0 bridgehead atoms. The zero-order valence-electron chi connectivity index (χ0n) is 38.2. The molecule has 0 aromatic heterocycles. The summed E-state index contributed by atoms with van der Waals surface area (Å²) in [5.41, 5.74) is 14.1. The molecule has 0 atom stereocenters. The van der Waals surface area contributed by atoms with E-state index in [1.54, 1.807) is 0 Å². The molecular weight excluding hydrogens is 800 g/mol. The van der Waals surface area contributed by atoms with Gasteiger partial charge in [0.15, 0.2) is 0 Å². The molecule has 0 aliphatic rings. The Morgan fingerprint density at radius 1 is 0.400 bits per heavy atom. The third-order valence-corrected chi connectivity index (χ3v) is 12.8. The quantitative estimate of drug-likeness (QED) is 0.155. The van der Waals surface area contributed by atoms with Crippen LogP contribution in [0.1, 0.15) is 116 Å². The van der Waals surface area contributed by atoms with Gasteiger partial charge in [0.2, 0.25) is 0 Å². The summed E-state index contributed by atoms with van der Waals surface area (Å²) in [4.78, 5) is 0. The van der Waals surface area contributed by atoms with Crippen molar-refractivity contribution in [3.63, 3.8) is 0 Å². The van der Waals surface area contributed by atoms with Crippen molar-refractivity contribution in [1.82, 2.24) is 0 Å². The fourth-order valence-electron chi connectivity index (χ4n) is 7.82. The van der Waals surface area contributed by atoms with Crippen LogP contribution in [0.3, 0.4) is 0 Å². The van der Waals surface area contributed by atoms with Crippen LogP contribution in [-0.2, 0) is 45.9 Å². The molecule has 8 rings (SSSR count). The molecule has 0 heterocycles. The normalized spacial score (nSPS) is 12.1. The van der Waals surface area contributed by atoms with E-state index >= 15 is 0 Å². The molecule has 0 fully saturated rings. The van der Waals surface area contributed by atoms with Gasteiger partial charge in [-0.05, 0) is 44.2 Å². The van der Waals surface area contributed by atoms with Crippen molar-refractivity contribution in [1.29, 1.82) is 0 Å². The van der Waals surface area contributed by atoms with E-state index in [1.807, 2.05) is 30.3 Å². The van der Waals surface area contributed by atoms with E-state index in [9.17, 15) is 0 Å². The monoisotopic (exact) mass is 862 g/mol. The molecule has 60 heavy (non-hydrogen) atoms. The Hall–Kier alpha value is -4.71. The summed E-state index contributed by atoms with van der Waals surface area (Å²) in [6, 6.07) is 61.9. The van der Waals surface area contributed by atoms with E-state index < -0.39 is 0 Å². The topological polar surface area (TPSA) is 0 Å². The third kappa shape index (κ3) is 10.8. The van der Waals surface area contributed by atoms with Crippen LogP contribution in [0.25, 0.3) is 43.8 Å². The Morgan fingerprint density at radius 3 is 1.03 bits per heavy atom. The minimum absolute atomic E-state index is 0.0554. The second-order valence-corrected chi connectivity index (χ2v) is 21.6. The zero-order chi connectivity index (χ0) is 43.5. The Morgan fingerprint density at radius 2 is 0.750 bits per heavy atom. The minimum Gasteiger partial charge on any atom is -0.214 e. The first-order chi connectivity index (χ1) is 28.2. The van der Waals surface area contributed by atoms with Gasteiger partial charge in [0.25, 0.3) is 0 Å². The molecular formula is C59H64Zr. The second kappa shape index (κ2) is 18.1. The van der Waals surface area contributed by atoms with Crippen LogP contribution >= 0.6 is 0 Å². The molecule has 0 spiro atoms. The number of benzene rings is 6. The zero-order valence-corrected chi connectivity index (χ0v) is 40.6. The largest absolute Gasteiger partial charge is 0.214 e. The van der Waals surface area contributed by atoms with E-state index in [2.05, 4.69) is 223 Å². The SMILES string of the molecule is CC(C)(C)c1cc2c(cc1-c1ccccc1)[cH-]c1cc(-c3ccccc3)c(C(C)(C)C)cc12.CC(C)(C)c1ccc([C](=[Zr+2])c2ccc(C(C)(C)C)cc2)cc1.c1cc[cH-]c1. The first-order valence-electron chi connectivity index (χ1n) is 21.5. The van der Waals surface area contributed by atoms with Crippen LogP contribution in [0.4, 0.5) is 0 Å². The van der Waals surface area contributed by atoms with E-state index in [0.717, 1.165) is 0 Å². The molecule has 0 unspecified atom stereocenters. The molecule has 0 aliphatic carbocycles. The van der Waals surface area contributed by atoms with Crippen LogP contribution in [-0.4, -0.2) is 3.21 Å². The van der Waals surface area contributed by atoms with Gasteiger partial charge in [-0.2, -0.15) is 18.2 Å². The molecule has 1 heteroatoms. The molecule has 0 N–H and O–H groups in total. The van der Waals surface area contributed by atoms with Crippen molar-refractivity contribution in [2.75, 3.05) is 0 Å². The minimum atomic E-state index is 0.0554. The summed E-state index contributed by atoms with van der Waals surface area (Å²) in [5, 5.41) is 5.36. The number of hydrogen-bond donors (Lipinski definition) is 0. The van der Waals surface area contributed by atoms with Gasteiger partial charge in [-0.25, -0.2) is 12.1 Å². The standard InChI is InChI=1S/C33H33.C21H26.C5H5.Zr/c1-32(2,3)30-20-26-24(18-28(30)22-13-9-7-10-14-22)17-25-19-29(23-15-11-8-12-16-23)31(21-27(25)26)33(4,5)6;1-20(2,3)18-11-7-16(8-12-18)15-17-9-13-19(14-10-17)21(4,5)6;1-2-4-5-3-1;/h7-21H,1-6H3;7-14H,1-6H3;1-5H;/q-1;;-1;+2. The summed E-state index contributed by atoms with van der Waals surface area (Å²) in [7, 11) is 0. The van der Waals surface area contributed by atoms with Crippen molar-refractivity contribution >= 4 is 24.8 Å². The molecule has 0 radical (unpaired) electrons. The van der Waals surface area contributed by atoms with Gasteiger partial charge in [-0.1, -0.05) is 114 Å². The maximum atomic E-state index is 2.45. The summed E-state index contributed by atoms with van der Waals surface area (Å²) >= 11 is 1.46. The Labute approximate surface area is 376 Å². The molecule has 0 aliphatic heterocycles. The summed E-state index contributed by atoms with van der Waals surface area (Å²) in [6.07, 6.45) is 0. The Bertz CT molecular complexity index is 2430. The fraction of sp³-hybridized carbons (Fsp3) is 0.271. The summed E-state index contributed by atoms with van der Waals surface area (Å²) in [5.74, 6) is 0. The van der Waals surface area contributed by atoms with Crippen molar-refractivity contribution < 1.29 is 24.2 Å². The molecule has 0 nitrogen and oxygen atoms in total. The number of rotatable bonds is 4. The van der Waals surface area contributed by atoms with Crippen molar-refractivity contribution in [2.45, 2.75) is 105 Å². The summed E-state index contributed by atoms with van der Waals surface area (Å²) in [6.45, 7) is 27.5. The summed E-state index contributed by atoms with van der Waals surface area (Å²) < 4.78 is 1.42. The first kappa shape index (κ1) is 44.8. The molecule has 0 saturated heterocycles. The van der Waals surface area contributed by atoms with Crippen LogP contribution in [0.5, 0.6) is 0 Å². The van der Waals surface area contributed by atoms with E-state index in [-0.39, 0.29) is 21.7 Å². The van der Waals surface area contributed by atoms with Crippen molar-refractivity contribution in [3.05, 3.63) is 203 Å². The van der Waals surface area contributed by atoms with Gasteiger partial charge in [0.1, 0.15) is 0 Å². The maximum absolute atomic E-state index is 2.45. The third-order valence-electron chi connectivity index (χ3n) is 11.4. The maximum Gasteiger partial charge on any atom is -0.172 e. The molecule has 8 aromatic carbocycles. The predicted octanol–water partition coefficient (Wildman–Crippen LogP) is 16.4. The van der Waals surface area contributed by atoms with Crippen molar-refractivity contribution in [2.24, 2.45) is 0 Å². The molecule has 8 aromatic rings. The van der Waals surface area contributed by atoms with Gasteiger partial charge >= 0.3 is 151 Å². The van der Waals surface area contributed by atoms with Crippen LogP contribution in [0.2, 0.25) is 0 Å². The molecule has 304 valence electrons. The average molecular weight is 864 g/mol. The number of fused-ring (bicyclic) bond motifs is 3. The van der Waals surface area contributed by atoms with E-state index in [1.165, 1.54) is 105 Å². The van der Waals surface area contributed by atoms with E-state index in [0.29, 0.717) is 0 Å². The van der Waals surface area contributed by atoms with Crippen molar-refractivity contribution in [3.8, 4) is 22.3 Å². The Balaban J connectivity index is 0.000000192. The smallest absolute Gasteiger partial charge is 0.172 e. The van der Waals surface area contributed by atoms with Gasteiger partial charge in [-0.15, -0.1) is 39.7 Å². The van der Waals surface area contributed by atoms with Crippen LogP contribution in [0.15, 0.2) is 170 Å². The van der Waals surface area contributed by atoms with E-state index in [4.69, 9.17) is 0 Å². The fourth-order valence-corrected chi connectivity index (χ4v) is 8.64. The first-order valence-corrected chi connectivity index (χ1v) is 22.7. The van der Waals surface area contributed by atoms with Gasteiger partial charge in [0.05, 0.1) is 0 Å². The van der Waals surface area contributed by atoms with Gasteiger partial charge in [-0.3, -0.25) is 0 Å². The predicted molar refractivity (Wildman–Crippen MR) is 261 cm³/mol. The van der Waals surface area contributed by atoms with Gasteiger partial charge < -0.3 is 0 Å². The second-order valence-electron chi connectivity index (χ2n) is 20.3. The Kier molecular flexibility index (Phi) is 13.5. The molecule has 0 saturated carbocycles. The molecule has 0 amide bonds.